The van der Waals surface area contributed by atoms with Crippen molar-refractivity contribution >= 4 is 40.3 Å². The molecule has 0 fully saturated rings. The van der Waals surface area contributed by atoms with E-state index in [4.69, 9.17) is 9.47 Å². The highest BCUT2D eigenvalue weighted by atomic mass is 32.1. The largest absolute Gasteiger partial charge is 0.478 e. The van der Waals surface area contributed by atoms with Crippen molar-refractivity contribution in [2.24, 2.45) is 0 Å². The van der Waals surface area contributed by atoms with Crippen molar-refractivity contribution in [3.05, 3.63) is 45.6 Å². The van der Waals surface area contributed by atoms with Crippen molar-refractivity contribution in [2.75, 3.05) is 18.5 Å². The van der Waals surface area contributed by atoms with Gasteiger partial charge < -0.3 is 24.8 Å². The van der Waals surface area contributed by atoms with Gasteiger partial charge in [-0.05, 0) is 45.7 Å². The number of fused-ring (bicyclic) bond motifs is 1. The first kappa shape index (κ1) is 24.2. The van der Waals surface area contributed by atoms with Crippen molar-refractivity contribution < 1.29 is 33.8 Å². The molecule has 0 spiro atoms. The summed E-state index contributed by atoms with van der Waals surface area (Å²) in [7, 11) is 0. The Morgan fingerprint density at radius 2 is 1.97 bits per heavy atom. The van der Waals surface area contributed by atoms with Crippen LogP contribution in [0.4, 0.5) is 9.80 Å². The Hall–Kier alpha value is -3.47. The minimum atomic E-state index is -1.29. The molecule has 0 unspecified atom stereocenters. The highest BCUT2D eigenvalue weighted by Gasteiger charge is 2.33. The van der Waals surface area contributed by atoms with Gasteiger partial charge >= 0.3 is 18.0 Å². The van der Waals surface area contributed by atoms with Gasteiger partial charge in [0.15, 0.2) is 0 Å². The zero-order valence-corrected chi connectivity index (χ0v) is 19.6. The van der Waals surface area contributed by atoms with E-state index >= 15 is 0 Å². The number of hydrogen-bond donors (Lipinski definition) is 2. The van der Waals surface area contributed by atoms with Crippen LogP contribution < -0.4 is 5.32 Å². The minimum absolute atomic E-state index is 0.0888. The second-order valence-corrected chi connectivity index (χ2v) is 9.37. The number of ether oxygens (including phenoxy) is 2. The molecule has 0 saturated heterocycles. The number of hydrogen-bond acceptors (Lipinski definition) is 8. The Labute approximate surface area is 194 Å². The second kappa shape index (κ2) is 9.57. The Bertz CT molecular complexity index is 1100. The number of anilines is 1. The van der Waals surface area contributed by atoms with E-state index in [9.17, 15) is 24.3 Å². The second-order valence-electron chi connectivity index (χ2n) is 8.26. The summed E-state index contributed by atoms with van der Waals surface area (Å²) in [5, 5.41) is 12.2. The number of carboxylic acids is 1. The van der Waals surface area contributed by atoms with E-state index in [-0.39, 0.29) is 34.8 Å². The molecule has 1 aliphatic rings. The number of carboxylic acid groups (broad SMARTS) is 1. The maximum atomic E-state index is 12.9. The SMILES string of the molecule is CCOC(=O)c1c(NC(=O)c2ccncc2C(=O)O)sc2c1CCN(C(=O)OC(C)(C)C)C2. The van der Waals surface area contributed by atoms with E-state index in [1.54, 1.807) is 27.7 Å². The van der Waals surface area contributed by atoms with Crippen LogP contribution in [0.15, 0.2) is 18.5 Å². The summed E-state index contributed by atoms with van der Waals surface area (Å²) < 4.78 is 10.6. The predicted octanol–water partition coefficient (Wildman–Crippen LogP) is 3.56. The lowest BCUT2D eigenvalue weighted by atomic mass is 10.0. The summed E-state index contributed by atoms with van der Waals surface area (Å²) in [6.07, 6.45) is 2.31. The van der Waals surface area contributed by atoms with Gasteiger partial charge in [-0.2, -0.15) is 0 Å². The Balaban J connectivity index is 1.93. The lowest BCUT2D eigenvalue weighted by Gasteiger charge is -2.30. The quantitative estimate of drug-likeness (QED) is 0.627. The summed E-state index contributed by atoms with van der Waals surface area (Å²) in [6.45, 7) is 7.72. The number of nitrogens with zero attached hydrogens (tertiary/aromatic N) is 2. The molecule has 0 saturated carbocycles. The van der Waals surface area contributed by atoms with E-state index in [2.05, 4.69) is 10.3 Å². The van der Waals surface area contributed by atoms with Crippen molar-refractivity contribution in [1.29, 1.82) is 0 Å². The molecule has 2 amide bonds. The molecule has 2 aromatic heterocycles. The summed E-state index contributed by atoms with van der Waals surface area (Å²) in [5.41, 5.74) is -0.0742. The fourth-order valence-corrected chi connectivity index (χ4v) is 4.57. The summed E-state index contributed by atoms with van der Waals surface area (Å²) in [6, 6.07) is 1.29. The number of aromatic carboxylic acids is 1. The maximum absolute atomic E-state index is 12.9. The van der Waals surface area contributed by atoms with E-state index in [0.29, 0.717) is 18.5 Å². The third-order valence-electron chi connectivity index (χ3n) is 4.71. The van der Waals surface area contributed by atoms with E-state index in [1.807, 2.05) is 0 Å². The molecule has 1 aliphatic heterocycles. The molecule has 2 N–H and O–H groups in total. The third-order valence-corrected chi connectivity index (χ3v) is 5.84. The average Bonchev–Trinajstić information content (AvgIpc) is 3.09. The topological polar surface area (TPSA) is 135 Å². The van der Waals surface area contributed by atoms with Crippen LogP contribution in [0.5, 0.6) is 0 Å². The first-order valence-corrected chi connectivity index (χ1v) is 11.1. The number of carbonyl (C=O) groups is 4. The van der Waals surface area contributed by atoms with E-state index in [1.165, 1.54) is 17.2 Å². The van der Waals surface area contributed by atoms with Crippen LogP contribution in [0.1, 0.15) is 69.2 Å². The molecule has 0 aromatic carbocycles. The van der Waals surface area contributed by atoms with Crippen LogP contribution >= 0.6 is 11.3 Å². The smallest absolute Gasteiger partial charge is 0.410 e. The van der Waals surface area contributed by atoms with Gasteiger partial charge in [-0.25, -0.2) is 14.4 Å². The lowest BCUT2D eigenvalue weighted by Crippen LogP contribution is -2.39. The predicted molar refractivity (Wildman–Crippen MR) is 120 cm³/mol. The molecule has 0 aliphatic carbocycles. The molecule has 176 valence electrons. The molecule has 0 atom stereocenters. The molecular weight excluding hydrogens is 450 g/mol. The van der Waals surface area contributed by atoms with Crippen LogP contribution in [-0.2, 0) is 22.4 Å². The molecule has 0 radical (unpaired) electrons. The van der Waals surface area contributed by atoms with Gasteiger partial charge in [-0.15, -0.1) is 11.3 Å². The van der Waals surface area contributed by atoms with Gasteiger partial charge in [0, 0.05) is 23.8 Å². The summed E-state index contributed by atoms with van der Waals surface area (Å²) in [5.74, 6) is -2.58. The van der Waals surface area contributed by atoms with Gasteiger partial charge in [0.2, 0.25) is 0 Å². The zero-order chi connectivity index (χ0) is 24.3. The lowest BCUT2D eigenvalue weighted by molar-refractivity contribution is 0.0226. The first-order chi connectivity index (χ1) is 15.5. The molecule has 2 aromatic rings. The van der Waals surface area contributed by atoms with Crippen LogP contribution in [0, 0.1) is 0 Å². The van der Waals surface area contributed by atoms with Crippen LogP contribution in [0.3, 0.4) is 0 Å². The van der Waals surface area contributed by atoms with Crippen molar-refractivity contribution in [2.45, 2.75) is 46.3 Å². The number of esters is 1. The highest BCUT2D eigenvalue weighted by molar-refractivity contribution is 7.17. The zero-order valence-electron chi connectivity index (χ0n) is 18.8. The number of thiophene rings is 1. The first-order valence-electron chi connectivity index (χ1n) is 10.3. The summed E-state index contributed by atoms with van der Waals surface area (Å²) >= 11 is 1.15. The molecule has 0 bridgehead atoms. The number of carbonyl (C=O) groups excluding carboxylic acids is 3. The summed E-state index contributed by atoms with van der Waals surface area (Å²) in [4.78, 5) is 55.6. The van der Waals surface area contributed by atoms with Gasteiger partial charge in [-0.3, -0.25) is 9.78 Å². The number of amides is 2. The molecule has 3 rings (SSSR count). The number of pyridine rings is 1. The van der Waals surface area contributed by atoms with Gasteiger partial charge in [0.05, 0.1) is 29.8 Å². The molecule has 33 heavy (non-hydrogen) atoms. The Kier molecular flexibility index (Phi) is 7.01. The van der Waals surface area contributed by atoms with Crippen LogP contribution in [0.25, 0.3) is 0 Å². The fraction of sp³-hybridized carbons (Fsp3) is 0.409. The Morgan fingerprint density at radius 3 is 2.61 bits per heavy atom. The van der Waals surface area contributed by atoms with Crippen LogP contribution in [0.2, 0.25) is 0 Å². The average molecular weight is 476 g/mol. The van der Waals surface area contributed by atoms with E-state index in [0.717, 1.165) is 22.4 Å². The molecule has 11 heteroatoms. The Morgan fingerprint density at radius 1 is 1.24 bits per heavy atom. The van der Waals surface area contributed by atoms with Gasteiger partial charge in [0.1, 0.15) is 10.6 Å². The third kappa shape index (κ3) is 5.48. The van der Waals surface area contributed by atoms with Crippen LogP contribution in [-0.4, -0.2) is 57.7 Å². The number of aromatic nitrogens is 1. The minimum Gasteiger partial charge on any atom is -0.478 e. The normalized spacial score (nSPS) is 13.2. The fourth-order valence-electron chi connectivity index (χ4n) is 3.33. The van der Waals surface area contributed by atoms with Gasteiger partial charge in [-0.1, -0.05) is 0 Å². The maximum Gasteiger partial charge on any atom is 0.410 e. The van der Waals surface area contributed by atoms with E-state index < -0.39 is 29.5 Å². The van der Waals surface area contributed by atoms with Crippen molar-refractivity contribution in [3.63, 3.8) is 0 Å². The standard InChI is InChI=1S/C22H25N3O7S/c1-5-31-20(29)16-13-7-9-25(21(30)32-22(2,3)4)11-15(13)33-18(16)24-17(26)12-6-8-23-10-14(12)19(27)28/h6,8,10H,5,7,9,11H2,1-4H3,(H,24,26)(H,27,28). The number of rotatable bonds is 5. The molecule has 3 heterocycles. The highest BCUT2D eigenvalue weighted by Crippen LogP contribution is 2.38. The number of nitrogens with one attached hydrogen (secondary N) is 1. The monoisotopic (exact) mass is 475 g/mol. The molecular formula is C22H25N3O7S. The molecule has 10 nitrogen and oxygen atoms in total. The van der Waals surface area contributed by atoms with Gasteiger partial charge in [0.25, 0.3) is 5.91 Å². The van der Waals surface area contributed by atoms with Crippen molar-refractivity contribution in [3.8, 4) is 0 Å². The van der Waals surface area contributed by atoms with Crippen molar-refractivity contribution in [1.82, 2.24) is 9.88 Å².